The maximum atomic E-state index is 12.2. The van der Waals surface area contributed by atoms with E-state index in [0.29, 0.717) is 12.5 Å². The topological polar surface area (TPSA) is 71.5 Å². The highest BCUT2D eigenvalue weighted by Gasteiger charge is 2.34. The smallest absolute Gasteiger partial charge is 0.234 e. The third kappa shape index (κ3) is 4.36. The van der Waals surface area contributed by atoms with Crippen molar-refractivity contribution in [2.75, 3.05) is 26.2 Å². The van der Waals surface area contributed by atoms with E-state index in [1.807, 2.05) is 19.1 Å². The first-order valence-electron chi connectivity index (χ1n) is 8.93. The number of carbonyl (C=O) groups excluding carboxylic acids is 1. The number of aryl methyl sites for hydroxylation is 1. The van der Waals surface area contributed by atoms with Gasteiger partial charge in [0.1, 0.15) is 11.5 Å². The predicted octanol–water partition coefficient (Wildman–Crippen LogP) is 2.01. The zero-order valence-electron chi connectivity index (χ0n) is 14.1. The van der Waals surface area contributed by atoms with Gasteiger partial charge in [-0.2, -0.15) is 0 Å². The number of carbonyl (C=O) groups is 1. The summed E-state index contributed by atoms with van der Waals surface area (Å²) in [5.41, 5.74) is 6.24. The minimum atomic E-state index is 0.0340. The molecule has 1 aliphatic carbocycles. The maximum absolute atomic E-state index is 12.2. The van der Waals surface area contributed by atoms with Gasteiger partial charge in [0.05, 0.1) is 6.54 Å². The Morgan fingerprint density at radius 3 is 2.78 bits per heavy atom. The number of likely N-dealkylation sites (tertiary alicyclic amines) is 1. The molecule has 3 N–H and O–H groups in total. The van der Waals surface area contributed by atoms with E-state index in [1.165, 1.54) is 32.1 Å². The van der Waals surface area contributed by atoms with Gasteiger partial charge in [-0.05, 0) is 37.8 Å². The number of hydrogen-bond donors (Lipinski definition) is 2. The van der Waals surface area contributed by atoms with Gasteiger partial charge in [0.15, 0.2) is 0 Å². The van der Waals surface area contributed by atoms with Crippen molar-refractivity contribution >= 4 is 5.91 Å². The van der Waals surface area contributed by atoms with Crippen molar-refractivity contribution in [3.8, 4) is 0 Å². The van der Waals surface area contributed by atoms with Gasteiger partial charge in [-0.1, -0.05) is 19.3 Å². The van der Waals surface area contributed by atoms with Crippen molar-refractivity contribution in [3.63, 3.8) is 0 Å². The Balaban J connectivity index is 1.44. The monoisotopic (exact) mass is 319 g/mol. The van der Waals surface area contributed by atoms with Gasteiger partial charge < -0.3 is 15.5 Å². The van der Waals surface area contributed by atoms with Crippen molar-refractivity contribution in [2.24, 2.45) is 11.7 Å². The second-order valence-corrected chi connectivity index (χ2v) is 7.22. The van der Waals surface area contributed by atoms with Crippen molar-refractivity contribution in [2.45, 2.75) is 51.0 Å². The molecule has 2 aliphatic rings. The molecule has 0 bridgehead atoms. The third-order valence-corrected chi connectivity index (χ3v) is 5.25. The molecule has 0 radical (unpaired) electrons. The zero-order chi connectivity index (χ0) is 16.2. The van der Waals surface area contributed by atoms with Crippen LogP contribution in [0.15, 0.2) is 16.5 Å². The average molecular weight is 319 g/mol. The summed E-state index contributed by atoms with van der Waals surface area (Å²) >= 11 is 0. The van der Waals surface area contributed by atoms with Crippen LogP contribution in [0.25, 0.3) is 0 Å². The van der Waals surface area contributed by atoms with Crippen LogP contribution >= 0.6 is 0 Å². The van der Waals surface area contributed by atoms with Crippen LogP contribution in [0, 0.1) is 12.8 Å². The molecule has 3 rings (SSSR count). The standard InChI is InChI=1S/C18H29N3O2/c1-13-7-8-17(23-13)15-10-21(11-16(15)19)12-18(22)20-9-14-5-3-2-4-6-14/h7-8,14-16H,2-6,9-12,19H2,1H3,(H,20,22). The Bertz CT molecular complexity index is 522. The minimum Gasteiger partial charge on any atom is -0.466 e. The summed E-state index contributed by atoms with van der Waals surface area (Å²) in [4.78, 5) is 14.3. The van der Waals surface area contributed by atoms with E-state index < -0.39 is 0 Å². The minimum absolute atomic E-state index is 0.0340. The molecule has 1 saturated carbocycles. The highest BCUT2D eigenvalue weighted by atomic mass is 16.3. The van der Waals surface area contributed by atoms with E-state index in [9.17, 15) is 4.79 Å². The molecule has 2 unspecified atom stereocenters. The number of nitrogens with one attached hydrogen (secondary N) is 1. The van der Waals surface area contributed by atoms with Crippen molar-refractivity contribution in [1.29, 1.82) is 0 Å². The van der Waals surface area contributed by atoms with Gasteiger partial charge in [-0.25, -0.2) is 0 Å². The van der Waals surface area contributed by atoms with E-state index in [0.717, 1.165) is 31.2 Å². The third-order valence-electron chi connectivity index (χ3n) is 5.25. The molecule has 0 spiro atoms. The molecule has 128 valence electrons. The average Bonchev–Trinajstić information content (AvgIpc) is 3.12. The first kappa shape index (κ1) is 16.5. The lowest BCUT2D eigenvalue weighted by molar-refractivity contribution is -0.122. The van der Waals surface area contributed by atoms with Crippen LogP contribution < -0.4 is 11.1 Å². The van der Waals surface area contributed by atoms with Gasteiger partial charge in [-0.15, -0.1) is 0 Å². The summed E-state index contributed by atoms with van der Waals surface area (Å²) in [6.45, 7) is 4.77. The summed E-state index contributed by atoms with van der Waals surface area (Å²) in [7, 11) is 0. The molecule has 2 atom stereocenters. The van der Waals surface area contributed by atoms with E-state index in [4.69, 9.17) is 10.2 Å². The molecule has 1 saturated heterocycles. The van der Waals surface area contributed by atoms with Crippen molar-refractivity contribution in [1.82, 2.24) is 10.2 Å². The molecule has 1 aliphatic heterocycles. The lowest BCUT2D eigenvalue weighted by atomic mass is 9.89. The molecule has 0 aromatic carbocycles. The molecular weight excluding hydrogens is 290 g/mol. The summed E-state index contributed by atoms with van der Waals surface area (Å²) in [6, 6.07) is 4.01. The summed E-state index contributed by atoms with van der Waals surface area (Å²) < 4.78 is 5.71. The molecular formula is C18H29N3O2. The Morgan fingerprint density at radius 2 is 2.09 bits per heavy atom. The number of hydrogen-bond acceptors (Lipinski definition) is 4. The quantitative estimate of drug-likeness (QED) is 0.871. The maximum Gasteiger partial charge on any atom is 0.234 e. The Hall–Kier alpha value is -1.33. The Morgan fingerprint density at radius 1 is 1.30 bits per heavy atom. The fourth-order valence-electron chi connectivity index (χ4n) is 3.90. The van der Waals surface area contributed by atoms with Gasteiger partial charge in [0, 0.05) is 31.6 Å². The lowest BCUT2D eigenvalue weighted by Gasteiger charge is -2.22. The van der Waals surface area contributed by atoms with Crippen molar-refractivity contribution in [3.05, 3.63) is 23.7 Å². The highest BCUT2D eigenvalue weighted by molar-refractivity contribution is 5.78. The molecule has 5 heteroatoms. The van der Waals surface area contributed by atoms with Gasteiger partial charge in [0.25, 0.3) is 0 Å². The second-order valence-electron chi connectivity index (χ2n) is 7.22. The second kappa shape index (κ2) is 7.49. The first-order chi connectivity index (χ1) is 11.1. The van der Waals surface area contributed by atoms with Crippen molar-refractivity contribution < 1.29 is 9.21 Å². The predicted molar refractivity (Wildman–Crippen MR) is 90.2 cm³/mol. The van der Waals surface area contributed by atoms with Crippen LogP contribution in [0.2, 0.25) is 0 Å². The summed E-state index contributed by atoms with van der Waals surface area (Å²) in [6.07, 6.45) is 6.49. The zero-order valence-corrected chi connectivity index (χ0v) is 14.1. The number of amides is 1. The fraction of sp³-hybridized carbons (Fsp3) is 0.722. The highest BCUT2D eigenvalue weighted by Crippen LogP contribution is 2.27. The number of furan rings is 1. The van der Waals surface area contributed by atoms with Crippen LogP contribution in [0.1, 0.15) is 49.5 Å². The van der Waals surface area contributed by atoms with Crippen LogP contribution in [-0.2, 0) is 4.79 Å². The number of rotatable bonds is 5. The molecule has 1 aromatic rings. The van der Waals surface area contributed by atoms with Crippen LogP contribution in [0.4, 0.5) is 0 Å². The number of nitrogens with two attached hydrogens (primary N) is 1. The van der Waals surface area contributed by atoms with E-state index in [-0.39, 0.29) is 17.9 Å². The van der Waals surface area contributed by atoms with E-state index in [2.05, 4.69) is 10.2 Å². The molecule has 1 amide bonds. The van der Waals surface area contributed by atoms with E-state index in [1.54, 1.807) is 0 Å². The van der Waals surface area contributed by atoms with Crippen LogP contribution in [0.3, 0.4) is 0 Å². The Labute approximate surface area is 138 Å². The summed E-state index contributed by atoms with van der Waals surface area (Å²) in [5, 5.41) is 3.11. The molecule has 5 nitrogen and oxygen atoms in total. The SMILES string of the molecule is Cc1ccc(C2CN(CC(=O)NCC3CCCCC3)CC2N)o1. The normalized spacial score (nSPS) is 26.5. The van der Waals surface area contributed by atoms with Gasteiger partial charge in [-0.3, -0.25) is 9.69 Å². The molecule has 2 fully saturated rings. The Kier molecular flexibility index (Phi) is 5.38. The van der Waals surface area contributed by atoms with Gasteiger partial charge >= 0.3 is 0 Å². The molecule has 23 heavy (non-hydrogen) atoms. The first-order valence-corrected chi connectivity index (χ1v) is 8.93. The summed E-state index contributed by atoms with van der Waals surface area (Å²) in [5.74, 6) is 2.84. The van der Waals surface area contributed by atoms with Crippen LogP contribution in [-0.4, -0.2) is 43.0 Å². The molecule has 2 heterocycles. The number of nitrogens with zero attached hydrogens (tertiary/aromatic N) is 1. The fourth-order valence-corrected chi connectivity index (χ4v) is 3.90. The van der Waals surface area contributed by atoms with Crippen LogP contribution in [0.5, 0.6) is 0 Å². The van der Waals surface area contributed by atoms with E-state index >= 15 is 0 Å². The van der Waals surface area contributed by atoms with Gasteiger partial charge in [0.2, 0.25) is 5.91 Å². The molecule has 1 aromatic heterocycles. The largest absolute Gasteiger partial charge is 0.466 e. The lowest BCUT2D eigenvalue weighted by Crippen LogP contribution is -2.39.